The van der Waals surface area contributed by atoms with Crippen LogP contribution in [0.2, 0.25) is 0 Å². The Labute approximate surface area is 170 Å². The predicted octanol–water partition coefficient (Wildman–Crippen LogP) is 3.70. The number of benzene rings is 2. The Morgan fingerprint density at radius 2 is 1.76 bits per heavy atom. The Bertz CT molecular complexity index is 996. The number of aliphatic carboxylic acids is 1. The molecule has 6 heteroatoms. The largest absolute Gasteiger partial charge is 0.481 e. The molecule has 0 aliphatic heterocycles. The molecule has 0 saturated carbocycles. The number of hydrogen-bond donors (Lipinski definition) is 2. The molecule has 0 saturated heterocycles. The van der Waals surface area contributed by atoms with Gasteiger partial charge in [-0.25, -0.2) is 4.68 Å². The van der Waals surface area contributed by atoms with E-state index in [-0.39, 0.29) is 18.4 Å². The maximum Gasteiger partial charge on any atom is 0.303 e. The summed E-state index contributed by atoms with van der Waals surface area (Å²) in [5.41, 5.74) is 4.27. The van der Waals surface area contributed by atoms with Gasteiger partial charge in [0.2, 0.25) is 0 Å². The topological polar surface area (TPSA) is 84.2 Å². The monoisotopic (exact) mass is 391 g/mol. The van der Waals surface area contributed by atoms with Crippen molar-refractivity contribution in [1.82, 2.24) is 15.1 Å². The minimum Gasteiger partial charge on any atom is -0.481 e. The van der Waals surface area contributed by atoms with Gasteiger partial charge in [-0.3, -0.25) is 9.59 Å². The third kappa shape index (κ3) is 5.10. The highest BCUT2D eigenvalue weighted by atomic mass is 16.4. The van der Waals surface area contributed by atoms with E-state index in [1.54, 1.807) is 10.9 Å². The van der Waals surface area contributed by atoms with Crippen molar-refractivity contribution in [3.63, 3.8) is 0 Å². The van der Waals surface area contributed by atoms with Gasteiger partial charge in [-0.15, -0.1) is 0 Å². The molecule has 2 N–H and O–H groups in total. The number of rotatable bonds is 8. The first kappa shape index (κ1) is 20.3. The lowest BCUT2D eigenvalue weighted by molar-refractivity contribution is -0.137. The van der Waals surface area contributed by atoms with Crippen LogP contribution in [0.4, 0.5) is 0 Å². The van der Waals surface area contributed by atoms with Crippen molar-refractivity contribution in [2.75, 3.05) is 0 Å². The highest BCUT2D eigenvalue weighted by molar-refractivity contribution is 5.95. The molecule has 0 aliphatic rings. The maximum atomic E-state index is 12.9. The van der Waals surface area contributed by atoms with Crippen molar-refractivity contribution < 1.29 is 14.7 Å². The Morgan fingerprint density at radius 3 is 2.45 bits per heavy atom. The first-order valence-electron chi connectivity index (χ1n) is 9.63. The second-order valence-corrected chi connectivity index (χ2v) is 7.13. The van der Waals surface area contributed by atoms with Gasteiger partial charge in [0, 0.05) is 12.5 Å². The van der Waals surface area contributed by atoms with Crippen molar-refractivity contribution in [3.05, 3.63) is 83.2 Å². The van der Waals surface area contributed by atoms with Crippen LogP contribution >= 0.6 is 0 Å². The van der Waals surface area contributed by atoms with Crippen LogP contribution in [0.25, 0.3) is 5.69 Å². The molecule has 1 aromatic heterocycles. The fourth-order valence-electron chi connectivity index (χ4n) is 3.36. The second kappa shape index (κ2) is 9.19. The second-order valence-electron chi connectivity index (χ2n) is 7.13. The Kier molecular flexibility index (Phi) is 6.44. The lowest BCUT2D eigenvalue weighted by Crippen LogP contribution is -2.37. The predicted molar refractivity (Wildman–Crippen MR) is 111 cm³/mol. The first-order valence-corrected chi connectivity index (χ1v) is 9.63. The molecule has 2 aromatic carbocycles. The summed E-state index contributed by atoms with van der Waals surface area (Å²) in [6.45, 7) is 3.86. The lowest BCUT2D eigenvalue weighted by Gasteiger charge is -2.18. The zero-order chi connectivity index (χ0) is 20.8. The van der Waals surface area contributed by atoms with Gasteiger partial charge in [-0.05, 0) is 43.9 Å². The van der Waals surface area contributed by atoms with Gasteiger partial charge in [0.05, 0.1) is 23.1 Å². The van der Waals surface area contributed by atoms with Crippen LogP contribution in [-0.4, -0.2) is 32.8 Å². The summed E-state index contributed by atoms with van der Waals surface area (Å²) in [5, 5.41) is 16.4. The highest BCUT2D eigenvalue weighted by Gasteiger charge is 2.20. The number of amides is 1. The quantitative estimate of drug-likeness (QED) is 0.613. The lowest BCUT2D eigenvalue weighted by atomic mass is 10.0. The number of carboxylic acid groups (broad SMARTS) is 1. The van der Waals surface area contributed by atoms with Crippen molar-refractivity contribution >= 4 is 11.9 Å². The number of nitrogens with zero attached hydrogens (tertiary/aromatic N) is 2. The van der Waals surface area contributed by atoms with Crippen LogP contribution in [0, 0.1) is 13.8 Å². The van der Waals surface area contributed by atoms with Crippen molar-refractivity contribution in [3.8, 4) is 5.69 Å². The minimum atomic E-state index is -0.874. The molecular formula is C23H25N3O3. The van der Waals surface area contributed by atoms with Crippen LogP contribution in [-0.2, 0) is 11.2 Å². The Morgan fingerprint density at radius 1 is 1.07 bits per heavy atom. The third-order valence-electron chi connectivity index (χ3n) is 4.96. The summed E-state index contributed by atoms with van der Waals surface area (Å²) < 4.78 is 1.76. The molecule has 0 bridgehead atoms. The van der Waals surface area contributed by atoms with Crippen LogP contribution in [0.5, 0.6) is 0 Å². The van der Waals surface area contributed by atoms with E-state index in [0.29, 0.717) is 18.4 Å². The fraction of sp³-hybridized carbons (Fsp3) is 0.261. The molecule has 3 rings (SSSR count). The average molecular weight is 391 g/mol. The van der Waals surface area contributed by atoms with E-state index < -0.39 is 5.97 Å². The van der Waals surface area contributed by atoms with E-state index in [2.05, 4.69) is 10.4 Å². The van der Waals surface area contributed by atoms with E-state index in [0.717, 1.165) is 22.5 Å². The van der Waals surface area contributed by atoms with Crippen LogP contribution in [0.1, 0.15) is 40.0 Å². The zero-order valence-corrected chi connectivity index (χ0v) is 16.6. The summed E-state index contributed by atoms with van der Waals surface area (Å²) in [6, 6.07) is 17.3. The van der Waals surface area contributed by atoms with Gasteiger partial charge in [0.15, 0.2) is 0 Å². The number of aryl methyl sites for hydroxylation is 1. The normalized spacial score (nSPS) is 11.8. The van der Waals surface area contributed by atoms with Gasteiger partial charge >= 0.3 is 5.97 Å². The van der Waals surface area contributed by atoms with Gasteiger partial charge in [-0.2, -0.15) is 5.10 Å². The van der Waals surface area contributed by atoms with E-state index in [4.69, 9.17) is 5.11 Å². The Hall–Kier alpha value is -3.41. The molecule has 29 heavy (non-hydrogen) atoms. The van der Waals surface area contributed by atoms with E-state index >= 15 is 0 Å². The summed E-state index contributed by atoms with van der Waals surface area (Å²) in [6.07, 6.45) is 2.50. The van der Waals surface area contributed by atoms with Crippen LogP contribution < -0.4 is 5.32 Å². The summed E-state index contributed by atoms with van der Waals surface area (Å²) in [7, 11) is 0. The number of aromatic nitrogens is 2. The van der Waals surface area contributed by atoms with Crippen LogP contribution in [0.15, 0.2) is 60.8 Å². The number of para-hydroxylation sites is 1. The van der Waals surface area contributed by atoms with Gasteiger partial charge in [0.25, 0.3) is 5.91 Å². The highest BCUT2D eigenvalue weighted by Crippen LogP contribution is 2.18. The smallest absolute Gasteiger partial charge is 0.303 e. The number of hydrogen-bond acceptors (Lipinski definition) is 3. The van der Waals surface area contributed by atoms with Crippen molar-refractivity contribution in [1.29, 1.82) is 0 Å². The first-order chi connectivity index (χ1) is 14.0. The zero-order valence-electron chi connectivity index (χ0n) is 16.6. The molecule has 0 aliphatic carbocycles. The molecule has 3 aromatic rings. The molecule has 1 amide bonds. The number of carboxylic acids is 1. The molecule has 0 fully saturated rings. The molecule has 1 atom stereocenters. The number of carbonyl (C=O) groups excluding carboxylic acids is 1. The van der Waals surface area contributed by atoms with Crippen molar-refractivity contribution in [2.45, 2.75) is 39.2 Å². The van der Waals surface area contributed by atoms with Gasteiger partial charge in [0.1, 0.15) is 0 Å². The molecule has 150 valence electrons. The average Bonchev–Trinajstić information content (AvgIpc) is 3.08. The Balaban J connectivity index is 1.78. The summed E-state index contributed by atoms with van der Waals surface area (Å²) in [4.78, 5) is 24.0. The minimum absolute atomic E-state index is 0.000760. The molecule has 1 heterocycles. The van der Waals surface area contributed by atoms with Crippen LogP contribution in [0.3, 0.4) is 0 Å². The van der Waals surface area contributed by atoms with E-state index in [9.17, 15) is 9.59 Å². The molecular weight excluding hydrogens is 366 g/mol. The van der Waals surface area contributed by atoms with E-state index in [1.807, 2.05) is 68.4 Å². The molecule has 1 unspecified atom stereocenters. The van der Waals surface area contributed by atoms with Crippen molar-refractivity contribution in [2.24, 2.45) is 0 Å². The molecule has 6 nitrogen and oxygen atoms in total. The summed E-state index contributed by atoms with van der Waals surface area (Å²) >= 11 is 0. The number of carbonyl (C=O) groups is 2. The maximum absolute atomic E-state index is 12.9. The van der Waals surface area contributed by atoms with Gasteiger partial charge in [-0.1, -0.05) is 48.5 Å². The molecule has 0 radical (unpaired) electrons. The SMILES string of the molecule is Cc1ccccc1-n1ncc(C(=O)NC(CCC(=O)O)Cc2ccccc2)c1C. The number of nitrogens with one attached hydrogen (secondary N) is 1. The van der Waals surface area contributed by atoms with Gasteiger partial charge < -0.3 is 10.4 Å². The van der Waals surface area contributed by atoms with E-state index in [1.165, 1.54) is 0 Å². The molecule has 0 spiro atoms. The standard InChI is InChI=1S/C23H25N3O3/c1-16-8-6-7-11-21(16)26-17(2)20(15-24-26)23(29)25-19(12-13-22(27)28)14-18-9-4-3-5-10-18/h3-11,15,19H,12-14H2,1-2H3,(H,25,29)(H,27,28). The summed E-state index contributed by atoms with van der Waals surface area (Å²) in [5.74, 6) is -1.12. The third-order valence-corrected chi connectivity index (χ3v) is 4.96. The fourth-order valence-corrected chi connectivity index (χ4v) is 3.36.